The molecule has 2 rings (SSSR count). The van der Waals surface area contributed by atoms with Gasteiger partial charge in [-0.15, -0.1) is 0 Å². The van der Waals surface area contributed by atoms with Crippen molar-refractivity contribution in [1.29, 1.82) is 0 Å². The van der Waals surface area contributed by atoms with E-state index in [1.54, 1.807) is 6.07 Å². The number of hydrogen-bond acceptors (Lipinski definition) is 4. The normalized spacial score (nSPS) is 19.7. The molecule has 1 aromatic rings. The van der Waals surface area contributed by atoms with Crippen molar-refractivity contribution in [1.82, 2.24) is 9.62 Å². The molecule has 1 saturated heterocycles. The van der Waals surface area contributed by atoms with Crippen molar-refractivity contribution in [2.75, 3.05) is 19.3 Å². The van der Waals surface area contributed by atoms with E-state index in [9.17, 15) is 13.2 Å². The summed E-state index contributed by atoms with van der Waals surface area (Å²) in [5, 5.41) is 2.52. The average molecular weight is 311 g/mol. The van der Waals surface area contributed by atoms with Gasteiger partial charge in [-0.3, -0.25) is 4.79 Å². The first-order chi connectivity index (χ1) is 9.78. The predicted octanol–water partition coefficient (Wildman–Crippen LogP) is 0.785. The Morgan fingerprint density at radius 3 is 2.62 bits per heavy atom. The van der Waals surface area contributed by atoms with Crippen LogP contribution in [0.2, 0.25) is 0 Å². The fourth-order valence-electron chi connectivity index (χ4n) is 2.59. The smallest absolute Gasteiger partial charge is 0.243 e. The molecule has 1 aromatic carbocycles. The van der Waals surface area contributed by atoms with Gasteiger partial charge in [0.25, 0.3) is 0 Å². The highest BCUT2D eigenvalue weighted by Gasteiger charge is 2.39. The highest BCUT2D eigenvalue weighted by atomic mass is 32.2. The van der Waals surface area contributed by atoms with Gasteiger partial charge < -0.3 is 11.1 Å². The van der Waals surface area contributed by atoms with Gasteiger partial charge in [-0.1, -0.05) is 0 Å². The fourth-order valence-corrected chi connectivity index (χ4v) is 4.37. The van der Waals surface area contributed by atoms with Crippen molar-refractivity contribution in [3.63, 3.8) is 0 Å². The van der Waals surface area contributed by atoms with Gasteiger partial charge in [-0.05, 0) is 49.9 Å². The van der Waals surface area contributed by atoms with Gasteiger partial charge in [0.2, 0.25) is 15.9 Å². The molecule has 21 heavy (non-hydrogen) atoms. The van der Waals surface area contributed by atoms with Crippen molar-refractivity contribution in [3.05, 3.63) is 23.3 Å². The van der Waals surface area contributed by atoms with Crippen molar-refractivity contribution < 1.29 is 13.2 Å². The summed E-state index contributed by atoms with van der Waals surface area (Å²) in [4.78, 5) is 12.0. The van der Waals surface area contributed by atoms with E-state index >= 15 is 0 Å². The summed E-state index contributed by atoms with van der Waals surface area (Å²) in [5.41, 5.74) is 8.02. The molecule has 1 amide bonds. The number of sulfonamides is 1. The first kappa shape index (κ1) is 15.8. The lowest BCUT2D eigenvalue weighted by molar-refractivity contribution is -0.123. The van der Waals surface area contributed by atoms with Crippen LogP contribution >= 0.6 is 0 Å². The molecule has 0 bridgehead atoms. The number of nitrogens with two attached hydrogens (primary N) is 1. The summed E-state index contributed by atoms with van der Waals surface area (Å²) in [6.45, 7) is 4.03. The summed E-state index contributed by atoms with van der Waals surface area (Å²) in [5.74, 6) is -0.270. The number of aryl methyl sites for hydroxylation is 1. The largest absolute Gasteiger partial charge is 0.398 e. The van der Waals surface area contributed by atoms with E-state index in [1.807, 2.05) is 13.8 Å². The molecule has 1 aliphatic heterocycles. The molecule has 0 aliphatic carbocycles. The van der Waals surface area contributed by atoms with Crippen molar-refractivity contribution in [2.24, 2.45) is 0 Å². The lowest BCUT2D eigenvalue weighted by Gasteiger charge is -2.23. The molecule has 0 spiro atoms. The van der Waals surface area contributed by atoms with E-state index in [0.717, 1.165) is 11.1 Å². The predicted molar refractivity (Wildman–Crippen MR) is 81.3 cm³/mol. The third-order valence-electron chi connectivity index (χ3n) is 4.04. The number of carbonyl (C=O) groups is 1. The van der Waals surface area contributed by atoms with Gasteiger partial charge in [0.05, 0.1) is 4.90 Å². The molecule has 1 unspecified atom stereocenters. The van der Waals surface area contributed by atoms with Crippen molar-refractivity contribution in [2.45, 2.75) is 37.6 Å². The number of amides is 1. The molecule has 6 nitrogen and oxygen atoms in total. The summed E-state index contributed by atoms with van der Waals surface area (Å²) in [6.07, 6.45) is 1.22. The van der Waals surface area contributed by atoms with Crippen LogP contribution in [0.4, 0.5) is 5.69 Å². The van der Waals surface area contributed by atoms with E-state index < -0.39 is 16.1 Å². The number of nitrogens with zero attached hydrogens (tertiary/aromatic N) is 1. The summed E-state index contributed by atoms with van der Waals surface area (Å²) in [6, 6.07) is 2.44. The lowest BCUT2D eigenvalue weighted by Crippen LogP contribution is -2.44. The number of hydrogen-bond donors (Lipinski definition) is 2. The fraction of sp³-hybridized carbons (Fsp3) is 0.500. The number of nitrogen functional groups attached to an aromatic ring is 1. The maximum Gasteiger partial charge on any atom is 0.243 e. The second kappa shape index (κ2) is 5.65. The van der Waals surface area contributed by atoms with Gasteiger partial charge in [0, 0.05) is 19.3 Å². The highest BCUT2D eigenvalue weighted by Crippen LogP contribution is 2.29. The van der Waals surface area contributed by atoms with Gasteiger partial charge in [0.1, 0.15) is 6.04 Å². The Morgan fingerprint density at radius 1 is 1.38 bits per heavy atom. The first-order valence-electron chi connectivity index (χ1n) is 6.89. The van der Waals surface area contributed by atoms with Crippen LogP contribution in [0.15, 0.2) is 17.0 Å². The molecule has 1 fully saturated rings. The summed E-state index contributed by atoms with van der Waals surface area (Å²) in [7, 11) is -2.20. The minimum Gasteiger partial charge on any atom is -0.398 e. The van der Waals surface area contributed by atoms with Gasteiger partial charge >= 0.3 is 0 Å². The van der Waals surface area contributed by atoms with Crippen LogP contribution in [0.25, 0.3) is 0 Å². The third kappa shape index (κ3) is 2.75. The zero-order valence-electron chi connectivity index (χ0n) is 12.5. The Balaban J connectivity index is 2.45. The second-order valence-corrected chi connectivity index (χ2v) is 7.23. The third-order valence-corrected chi connectivity index (χ3v) is 5.93. The number of rotatable bonds is 3. The Kier molecular flexibility index (Phi) is 4.25. The number of nitrogens with one attached hydrogen (secondary N) is 1. The summed E-state index contributed by atoms with van der Waals surface area (Å²) >= 11 is 0. The molecule has 1 aliphatic rings. The molecule has 3 N–H and O–H groups in total. The van der Waals surface area contributed by atoms with Crippen LogP contribution in [0.5, 0.6) is 0 Å². The zero-order valence-corrected chi connectivity index (χ0v) is 13.3. The monoisotopic (exact) mass is 311 g/mol. The Hall–Kier alpha value is -1.60. The molecule has 7 heteroatoms. The van der Waals surface area contributed by atoms with E-state index in [0.29, 0.717) is 25.1 Å². The Labute approximate surface area is 125 Å². The minimum atomic E-state index is -3.71. The molecule has 0 aromatic heterocycles. The molecular formula is C14H21N3O3S. The number of anilines is 1. The number of likely N-dealkylation sites (N-methyl/N-ethyl adjacent to an activating group) is 1. The standard InChI is InChI=1S/C14H21N3O3S/c1-9-7-11(8-12(15)10(9)2)21(19,20)17-6-4-5-13(17)14(18)16-3/h7-8,13H,4-6,15H2,1-3H3,(H,16,18). The maximum atomic E-state index is 12.8. The maximum absolute atomic E-state index is 12.8. The minimum absolute atomic E-state index is 0.152. The van der Waals surface area contributed by atoms with Crippen LogP contribution in [0.1, 0.15) is 24.0 Å². The lowest BCUT2D eigenvalue weighted by atomic mass is 10.1. The second-order valence-electron chi connectivity index (χ2n) is 5.34. The Bertz CT molecular complexity index is 647. The van der Waals surface area contributed by atoms with Crippen LogP contribution < -0.4 is 11.1 Å². The van der Waals surface area contributed by atoms with Crippen molar-refractivity contribution >= 4 is 21.6 Å². The van der Waals surface area contributed by atoms with Gasteiger partial charge in [0.15, 0.2) is 0 Å². The van der Waals surface area contributed by atoms with Crippen LogP contribution in [-0.2, 0) is 14.8 Å². The molecule has 1 heterocycles. The zero-order chi connectivity index (χ0) is 15.8. The van der Waals surface area contributed by atoms with Crippen LogP contribution in [0.3, 0.4) is 0 Å². The van der Waals surface area contributed by atoms with Crippen LogP contribution in [-0.4, -0.2) is 38.3 Å². The van der Waals surface area contributed by atoms with Crippen molar-refractivity contribution in [3.8, 4) is 0 Å². The van der Waals surface area contributed by atoms with Gasteiger partial charge in [-0.25, -0.2) is 8.42 Å². The number of benzene rings is 1. The highest BCUT2D eigenvalue weighted by molar-refractivity contribution is 7.89. The topological polar surface area (TPSA) is 92.5 Å². The SMILES string of the molecule is CNC(=O)C1CCCN1S(=O)(=O)c1cc(C)c(C)c(N)c1. The molecule has 0 saturated carbocycles. The Morgan fingerprint density at radius 2 is 2.05 bits per heavy atom. The summed E-state index contributed by atoms with van der Waals surface area (Å²) < 4.78 is 26.8. The van der Waals surface area contributed by atoms with E-state index in [1.165, 1.54) is 17.4 Å². The van der Waals surface area contributed by atoms with Gasteiger partial charge in [-0.2, -0.15) is 4.31 Å². The molecule has 1 atom stereocenters. The molecule has 116 valence electrons. The van der Waals surface area contributed by atoms with E-state index in [2.05, 4.69) is 5.32 Å². The van der Waals surface area contributed by atoms with Crippen LogP contribution in [0, 0.1) is 13.8 Å². The first-order valence-corrected chi connectivity index (χ1v) is 8.33. The number of carbonyl (C=O) groups excluding carboxylic acids is 1. The average Bonchev–Trinajstić information content (AvgIpc) is 2.93. The molecule has 0 radical (unpaired) electrons. The quantitative estimate of drug-likeness (QED) is 0.807. The molecular weight excluding hydrogens is 290 g/mol. The van der Waals surface area contributed by atoms with E-state index in [4.69, 9.17) is 5.73 Å². The van der Waals surface area contributed by atoms with E-state index in [-0.39, 0.29) is 10.8 Å².